The molecule has 1 amide bonds. The molecule has 1 aromatic heterocycles. The van der Waals surface area contributed by atoms with E-state index in [1.165, 1.54) is 10.7 Å². The summed E-state index contributed by atoms with van der Waals surface area (Å²) in [4.78, 5) is 24.4. The maximum absolute atomic E-state index is 12.3. The van der Waals surface area contributed by atoms with Crippen molar-refractivity contribution in [3.63, 3.8) is 0 Å². The first-order valence-corrected chi connectivity index (χ1v) is 9.34. The van der Waals surface area contributed by atoms with Crippen LogP contribution in [0.2, 0.25) is 0 Å². The minimum atomic E-state index is -0.224. The lowest BCUT2D eigenvalue weighted by Crippen LogP contribution is -2.31. The van der Waals surface area contributed by atoms with E-state index in [0.717, 1.165) is 17.1 Å². The molecule has 3 rings (SSSR count). The molecule has 0 unspecified atom stereocenters. The number of carbonyl (C=O) groups is 1. The summed E-state index contributed by atoms with van der Waals surface area (Å²) >= 11 is 0. The normalized spacial score (nSPS) is 10.4. The van der Waals surface area contributed by atoms with Crippen LogP contribution in [0.5, 0.6) is 11.5 Å². The Hall–Kier alpha value is -3.61. The molecule has 150 valence electrons. The van der Waals surface area contributed by atoms with Crippen molar-refractivity contribution >= 4 is 5.91 Å². The van der Waals surface area contributed by atoms with Gasteiger partial charge in [-0.1, -0.05) is 0 Å². The van der Waals surface area contributed by atoms with Gasteiger partial charge in [-0.25, -0.2) is 4.68 Å². The molecule has 2 aromatic carbocycles. The van der Waals surface area contributed by atoms with Gasteiger partial charge < -0.3 is 14.8 Å². The number of ether oxygens (including phenoxy) is 2. The quantitative estimate of drug-likeness (QED) is 0.636. The summed E-state index contributed by atoms with van der Waals surface area (Å²) in [5.41, 5.74) is 1.85. The fraction of sp³-hybridized carbons (Fsp3) is 0.227. The van der Waals surface area contributed by atoms with Crippen LogP contribution in [0.25, 0.3) is 11.3 Å². The minimum Gasteiger partial charge on any atom is -0.497 e. The molecule has 29 heavy (non-hydrogen) atoms. The number of hydrogen-bond donors (Lipinski definition) is 1. The number of aromatic nitrogens is 2. The molecule has 0 saturated carbocycles. The first-order chi connectivity index (χ1) is 14.1. The minimum absolute atomic E-state index is 0.215. The topological polar surface area (TPSA) is 82.4 Å². The maximum Gasteiger partial charge on any atom is 0.266 e. The zero-order valence-electron chi connectivity index (χ0n) is 16.4. The van der Waals surface area contributed by atoms with Gasteiger partial charge in [-0.2, -0.15) is 5.10 Å². The maximum atomic E-state index is 12.3. The van der Waals surface area contributed by atoms with E-state index < -0.39 is 0 Å². The monoisotopic (exact) mass is 393 g/mol. The Balaban J connectivity index is 1.62. The van der Waals surface area contributed by atoms with Crippen molar-refractivity contribution in [2.24, 2.45) is 0 Å². The molecule has 0 aliphatic carbocycles. The third-order valence-electron chi connectivity index (χ3n) is 4.29. The van der Waals surface area contributed by atoms with Crippen LogP contribution in [0, 0.1) is 0 Å². The predicted molar refractivity (Wildman–Crippen MR) is 110 cm³/mol. The van der Waals surface area contributed by atoms with E-state index in [4.69, 9.17) is 9.47 Å². The predicted octanol–water partition coefficient (Wildman–Crippen LogP) is 2.75. The van der Waals surface area contributed by atoms with Crippen molar-refractivity contribution < 1.29 is 14.3 Å². The SMILES string of the molecule is CCOc1ccc(C(=O)NCCn2nc(-c3ccc(OC)cc3)ccc2=O)cc1. The molecule has 0 aliphatic rings. The van der Waals surface area contributed by atoms with Gasteiger partial charge in [0.15, 0.2) is 0 Å². The second-order valence-corrected chi connectivity index (χ2v) is 6.22. The van der Waals surface area contributed by atoms with E-state index in [1.54, 1.807) is 37.4 Å². The highest BCUT2D eigenvalue weighted by atomic mass is 16.5. The van der Waals surface area contributed by atoms with Gasteiger partial charge in [-0.15, -0.1) is 0 Å². The highest BCUT2D eigenvalue weighted by Crippen LogP contribution is 2.19. The zero-order valence-corrected chi connectivity index (χ0v) is 16.4. The average Bonchev–Trinajstić information content (AvgIpc) is 2.76. The summed E-state index contributed by atoms with van der Waals surface area (Å²) < 4.78 is 11.9. The number of carbonyl (C=O) groups excluding carboxylic acids is 1. The zero-order chi connectivity index (χ0) is 20.6. The number of nitrogens with zero attached hydrogens (tertiary/aromatic N) is 2. The van der Waals surface area contributed by atoms with Gasteiger partial charge in [0.25, 0.3) is 11.5 Å². The van der Waals surface area contributed by atoms with E-state index in [2.05, 4.69) is 10.4 Å². The van der Waals surface area contributed by atoms with E-state index in [9.17, 15) is 9.59 Å². The number of methoxy groups -OCH3 is 1. The van der Waals surface area contributed by atoms with E-state index in [0.29, 0.717) is 17.9 Å². The second-order valence-electron chi connectivity index (χ2n) is 6.22. The number of nitrogens with one attached hydrogen (secondary N) is 1. The Morgan fingerprint density at radius 3 is 2.34 bits per heavy atom. The van der Waals surface area contributed by atoms with Crippen molar-refractivity contribution in [2.75, 3.05) is 20.3 Å². The molecular weight excluding hydrogens is 370 g/mol. The van der Waals surface area contributed by atoms with E-state index >= 15 is 0 Å². The molecule has 7 heteroatoms. The first kappa shape index (κ1) is 20.1. The summed E-state index contributed by atoms with van der Waals surface area (Å²) in [6.07, 6.45) is 0. The summed E-state index contributed by atoms with van der Waals surface area (Å²) in [5, 5.41) is 7.20. The molecule has 0 fully saturated rings. The first-order valence-electron chi connectivity index (χ1n) is 9.34. The summed E-state index contributed by atoms with van der Waals surface area (Å²) in [7, 11) is 1.61. The van der Waals surface area contributed by atoms with Gasteiger partial charge >= 0.3 is 0 Å². The Kier molecular flexibility index (Phi) is 6.63. The fourth-order valence-electron chi connectivity index (χ4n) is 2.77. The molecular formula is C22H23N3O4. The van der Waals surface area contributed by atoms with Gasteiger partial charge in [0, 0.05) is 23.7 Å². The van der Waals surface area contributed by atoms with Crippen LogP contribution in [-0.2, 0) is 6.54 Å². The highest BCUT2D eigenvalue weighted by molar-refractivity contribution is 5.94. The van der Waals surface area contributed by atoms with Crippen molar-refractivity contribution in [3.8, 4) is 22.8 Å². The highest BCUT2D eigenvalue weighted by Gasteiger charge is 2.07. The number of rotatable bonds is 8. The second kappa shape index (κ2) is 9.54. The van der Waals surface area contributed by atoms with Crippen molar-refractivity contribution in [1.82, 2.24) is 15.1 Å². The van der Waals surface area contributed by atoms with Crippen molar-refractivity contribution in [2.45, 2.75) is 13.5 Å². The molecule has 0 atom stereocenters. The van der Waals surface area contributed by atoms with Crippen LogP contribution >= 0.6 is 0 Å². The van der Waals surface area contributed by atoms with Crippen molar-refractivity contribution in [1.29, 1.82) is 0 Å². The number of amides is 1. The van der Waals surface area contributed by atoms with E-state index in [1.807, 2.05) is 31.2 Å². The lowest BCUT2D eigenvalue weighted by atomic mass is 10.1. The Bertz CT molecular complexity index is 1010. The molecule has 3 aromatic rings. The largest absolute Gasteiger partial charge is 0.497 e. The van der Waals surface area contributed by atoms with Crippen LogP contribution in [0.3, 0.4) is 0 Å². The van der Waals surface area contributed by atoms with Gasteiger partial charge in [-0.05, 0) is 61.5 Å². The molecule has 0 radical (unpaired) electrons. The summed E-state index contributed by atoms with van der Waals surface area (Å²) in [5.74, 6) is 1.25. The molecule has 1 heterocycles. The molecule has 7 nitrogen and oxygen atoms in total. The van der Waals surface area contributed by atoms with Gasteiger partial charge in [0.1, 0.15) is 11.5 Å². The lowest BCUT2D eigenvalue weighted by Gasteiger charge is -2.09. The lowest BCUT2D eigenvalue weighted by molar-refractivity contribution is 0.0951. The Morgan fingerprint density at radius 2 is 1.69 bits per heavy atom. The van der Waals surface area contributed by atoms with Gasteiger partial charge in [-0.3, -0.25) is 9.59 Å². The van der Waals surface area contributed by atoms with Crippen LogP contribution in [0.4, 0.5) is 0 Å². The van der Waals surface area contributed by atoms with Crippen LogP contribution < -0.4 is 20.3 Å². The number of hydrogen-bond acceptors (Lipinski definition) is 5. The molecule has 0 aliphatic heterocycles. The average molecular weight is 393 g/mol. The molecule has 0 spiro atoms. The van der Waals surface area contributed by atoms with Crippen LogP contribution in [0.1, 0.15) is 17.3 Å². The van der Waals surface area contributed by atoms with E-state index in [-0.39, 0.29) is 24.6 Å². The van der Waals surface area contributed by atoms with Crippen LogP contribution in [0.15, 0.2) is 65.5 Å². The molecule has 0 bridgehead atoms. The molecule has 1 N–H and O–H groups in total. The Morgan fingerprint density at radius 1 is 1.00 bits per heavy atom. The number of benzene rings is 2. The standard InChI is InChI=1S/C22H23N3O4/c1-3-29-19-10-6-17(7-11-19)22(27)23-14-15-25-21(26)13-12-20(24-25)16-4-8-18(28-2)9-5-16/h4-13H,3,14-15H2,1-2H3,(H,23,27). The van der Waals surface area contributed by atoms with Gasteiger partial charge in [0.05, 0.1) is 26.0 Å². The summed E-state index contributed by atoms with van der Waals surface area (Å²) in [6, 6.07) is 17.5. The van der Waals surface area contributed by atoms with Gasteiger partial charge in [0.2, 0.25) is 0 Å². The van der Waals surface area contributed by atoms with Crippen LogP contribution in [-0.4, -0.2) is 35.9 Å². The third-order valence-corrected chi connectivity index (χ3v) is 4.29. The Labute approximate surface area is 168 Å². The fourth-order valence-corrected chi connectivity index (χ4v) is 2.77. The van der Waals surface area contributed by atoms with Crippen molar-refractivity contribution in [3.05, 3.63) is 76.6 Å². The molecule has 0 saturated heterocycles. The summed E-state index contributed by atoms with van der Waals surface area (Å²) in [6.45, 7) is 3.03. The smallest absolute Gasteiger partial charge is 0.266 e. The third kappa shape index (κ3) is 5.22.